The summed E-state index contributed by atoms with van der Waals surface area (Å²) in [7, 11) is 3.04. The van der Waals surface area contributed by atoms with Crippen LogP contribution in [-0.4, -0.2) is 44.1 Å². The van der Waals surface area contributed by atoms with E-state index in [1.165, 1.54) is 20.4 Å². The van der Waals surface area contributed by atoms with Crippen molar-refractivity contribution >= 4 is 11.8 Å². The number of nitrogens with zero attached hydrogens (tertiary/aromatic N) is 1. The molecule has 0 aliphatic heterocycles. The number of carbonyl (C=O) groups excluding carboxylic acids is 2. The molecule has 1 aromatic heterocycles. The molecule has 0 unspecified atom stereocenters. The van der Waals surface area contributed by atoms with Crippen molar-refractivity contribution in [2.75, 3.05) is 27.3 Å². The number of amides is 2. The molecule has 0 saturated carbocycles. The van der Waals surface area contributed by atoms with Crippen molar-refractivity contribution in [1.29, 1.82) is 0 Å². The zero-order valence-corrected chi connectivity index (χ0v) is 14.5. The van der Waals surface area contributed by atoms with E-state index in [1.54, 1.807) is 30.3 Å². The smallest absolute Gasteiger partial charge is 0.252 e. The van der Waals surface area contributed by atoms with Gasteiger partial charge >= 0.3 is 0 Å². The summed E-state index contributed by atoms with van der Waals surface area (Å²) in [6, 6.07) is 8.39. The molecule has 2 N–H and O–H groups in total. The van der Waals surface area contributed by atoms with Crippen molar-refractivity contribution in [3.05, 3.63) is 53.3 Å². The zero-order chi connectivity index (χ0) is 18.2. The quantitative estimate of drug-likeness (QED) is 0.745. The standard InChI is InChI=1S/C18H21N3O4/c1-12-4-5-14(11-21-12)18(23)20-9-8-19-17(22)13-6-7-15(24-2)16(10-13)25-3/h4-7,10-11H,8-9H2,1-3H3,(H,19,22)(H,20,23). The predicted octanol–water partition coefficient (Wildman–Crippen LogP) is 1.57. The Morgan fingerprint density at radius 3 is 2.08 bits per heavy atom. The average Bonchev–Trinajstić information content (AvgIpc) is 2.64. The first-order valence-corrected chi connectivity index (χ1v) is 7.76. The topological polar surface area (TPSA) is 89.6 Å². The highest BCUT2D eigenvalue weighted by molar-refractivity contribution is 5.95. The normalized spacial score (nSPS) is 10.0. The van der Waals surface area contributed by atoms with E-state index in [4.69, 9.17) is 9.47 Å². The van der Waals surface area contributed by atoms with Gasteiger partial charge in [0.25, 0.3) is 11.8 Å². The van der Waals surface area contributed by atoms with Crippen LogP contribution in [0.3, 0.4) is 0 Å². The fraction of sp³-hybridized carbons (Fsp3) is 0.278. The zero-order valence-electron chi connectivity index (χ0n) is 14.5. The van der Waals surface area contributed by atoms with Crippen LogP contribution in [0.25, 0.3) is 0 Å². The number of rotatable bonds is 7. The van der Waals surface area contributed by atoms with Crippen LogP contribution in [0.1, 0.15) is 26.4 Å². The summed E-state index contributed by atoms with van der Waals surface area (Å²) in [4.78, 5) is 28.1. The van der Waals surface area contributed by atoms with Crippen LogP contribution < -0.4 is 20.1 Å². The lowest BCUT2D eigenvalue weighted by atomic mass is 10.2. The molecule has 25 heavy (non-hydrogen) atoms. The van der Waals surface area contributed by atoms with Crippen molar-refractivity contribution in [3.8, 4) is 11.5 Å². The van der Waals surface area contributed by atoms with Crippen LogP contribution in [0.15, 0.2) is 36.5 Å². The Kier molecular flexibility index (Phi) is 6.33. The van der Waals surface area contributed by atoms with Crippen LogP contribution in [0.5, 0.6) is 11.5 Å². The van der Waals surface area contributed by atoms with Gasteiger partial charge in [-0.15, -0.1) is 0 Å². The number of hydrogen-bond donors (Lipinski definition) is 2. The lowest BCUT2D eigenvalue weighted by molar-refractivity contribution is 0.0927. The number of carbonyl (C=O) groups is 2. The third-order valence-corrected chi connectivity index (χ3v) is 3.52. The second kappa shape index (κ2) is 8.68. The largest absolute Gasteiger partial charge is 0.493 e. The van der Waals surface area contributed by atoms with Crippen molar-refractivity contribution in [2.45, 2.75) is 6.92 Å². The number of ether oxygens (including phenoxy) is 2. The monoisotopic (exact) mass is 343 g/mol. The molecule has 2 amide bonds. The Morgan fingerprint density at radius 1 is 0.920 bits per heavy atom. The maximum Gasteiger partial charge on any atom is 0.252 e. The Labute approximate surface area is 146 Å². The number of nitrogens with one attached hydrogen (secondary N) is 2. The molecule has 0 fully saturated rings. The van der Waals surface area contributed by atoms with Crippen molar-refractivity contribution < 1.29 is 19.1 Å². The predicted molar refractivity (Wildman–Crippen MR) is 93.2 cm³/mol. The Bertz CT molecular complexity index is 744. The molecule has 0 radical (unpaired) electrons. The van der Waals surface area contributed by atoms with Gasteiger partial charge in [0.1, 0.15) is 0 Å². The number of hydrogen-bond acceptors (Lipinski definition) is 5. The maximum atomic E-state index is 12.1. The second-order valence-corrected chi connectivity index (χ2v) is 5.27. The molecular weight excluding hydrogens is 322 g/mol. The second-order valence-electron chi connectivity index (χ2n) is 5.27. The molecule has 7 nitrogen and oxygen atoms in total. The Morgan fingerprint density at radius 2 is 1.52 bits per heavy atom. The lowest BCUT2D eigenvalue weighted by Gasteiger charge is -2.10. The molecule has 0 aliphatic carbocycles. The van der Waals surface area contributed by atoms with E-state index in [0.29, 0.717) is 35.7 Å². The van der Waals surface area contributed by atoms with Gasteiger partial charge in [0.15, 0.2) is 11.5 Å². The summed E-state index contributed by atoms with van der Waals surface area (Å²) in [6.45, 7) is 2.47. The molecule has 132 valence electrons. The van der Waals surface area contributed by atoms with E-state index >= 15 is 0 Å². The summed E-state index contributed by atoms with van der Waals surface area (Å²) in [6.07, 6.45) is 1.52. The SMILES string of the molecule is COc1ccc(C(=O)NCCNC(=O)c2ccc(C)nc2)cc1OC. The van der Waals surface area contributed by atoms with E-state index in [2.05, 4.69) is 15.6 Å². The van der Waals surface area contributed by atoms with E-state index in [-0.39, 0.29) is 11.8 Å². The van der Waals surface area contributed by atoms with Crippen LogP contribution in [0, 0.1) is 6.92 Å². The van der Waals surface area contributed by atoms with Gasteiger partial charge in [0, 0.05) is 30.5 Å². The molecule has 0 atom stereocenters. The van der Waals surface area contributed by atoms with Crippen LogP contribution in [0.4, 0.5) is 0 Å². The minimum Gasteiger partial charge on any atom is -0.493 e. The molecule has 0 aliphatic rings. The fourth-order valence-electron chi connectivity index (χ4n) is 2.14. The molecule has 0 saturated heterocycles. The van der Waals surface area contributed by atoms with Gasteiger partial charge in [-0.3, -0.25) is 14.6 Å². The Hall–Kier alpha value is -3.09. The van der Waals surface area contributed by atoms with Gasteiger partial charge in [0.2, 0.25) is 0 Å². The highest BCUT2D eigenvalue weighted by atomic mass is 16.5. The molecule has 2 aromatic rings. The highest BCUT2D eigenvalue weighted by Gasteiger charge is 2.10. The van der Waals surface area contributed by atoms with Gasteiger partial charge < -0.3 is 20.1 Å². The minimum atomic E-state index is -0.257. The maximum absolute atomic E-state index is 12.1. The van der Waals surface area contributed by atoms with Gasteiger partial charge in [-0.2, -0.15) is 0 Å². The van der Waals surface area contributed by atoms with E-state index in [0.717, 1.165) is 5.69 Å². The average molecular weight is 343 g/mol. The summed E-state index contributed by atoms with van der Waals surface area (Å²) in [5, 5.41) is 5.47. The molecule has 2 rings (SSSR count). The fourth-order valence-corrected chi connectivity index (χ4v) is 2.14. The Balaban J connectivity index is 1.82. The van der Waals surface area contributed by atoms with Crippen LogP contribution >= 0.6 is 0 Å². The molecular formula is C18H21N3O4. The first kappa shape index (κ1) is 18.3. The highest BCUT2D eigenvalue weighted by Crippen LogP contribution is 2.27. The van der Waals surface area contributed by atoms with Crippen LogP contribution in [0.2, 0.25) is 0 Å². The van der Waals surface area contributed by atoms with Gasteiger partial charge in [-0.05, 0) is 37.3 Å². The van der Waals surface area contributed by atoms with E-state index in [1.807, 2.05) is 6.92 Å². The number of pyridine rings is 1. The number of benzene rings is 1. The van der Waals surface area contributed by atoms with Crippen LogP contribution in [-0.2, 0) is 0 Å². The molecule has 1 heterocycles. The third-order valence-electron chi connectivity index (χ3n) is 3.52. The molecule has 0 bridgehead atoms. The summed E-state index contributed by atoms with van der Waals surface area (Å²) >= 11 is 0. The van der Waals surface area contributed by atoms with Gasteiger partial charge in [-0.1, -0.05) is 0 Å². The first-order chi connectivity index (χ1) is 12.0. The molecule has 1 aromatic carbocycles. The number of aryl methyl sites for hydroxylation is 1. The van der Waals surface area contributed by atoms with Gasteiger partial charge in [-0.25, -0.2) is 0 Å². The van der Waals surface area contributed by atoms with Crippen molar-refractivity contribution in [1.82, 2.24) is 15.6 Å². The number of aromatic nitrogens is 1. The van der Waals surface area contributed by atoms with Crippen molar-refractivity contribution in [3.63, 3.8) is 0 Å². The summed E-state index contributed by atoms with van der Waals surface area (Å²) < 4.78 is 10.3. The summed E-state index contributed by atoms with van der Waals surface area (Å²) in [5.74, 6) is 0.549. The minimum absolute atomic E-state index is 0.229. The first-order valence-electron chi connectivity index (χ1n) is 7.76. The molecule has 7 heteroatoms. The summed E-state index contributed by atoms with van der Waals surface area (Å²) in [5.41, 5.74) is 1.78. The van der Waals surface area contributed by atoms with Crippen molar-refractivity contribution in [2.24, 2.45) is 0 Å². The van der Waals surface area contributed by atoms with E-state index < -0.39 is 0 Å². The van der Waals surface area contributed by atoms with E-state index in [9.17, 15) is 9.59 Å². The third kappa shape index (κ3) is 4.94. The molecule has 0 spiro atoms. The van der Waals surface area contributed by atoms with Gasteiger partial charge in [0.05, 0.1) is 19.8 Å². The number of methoxy groups -OCH3 is 2. The lowest BCUT2D eigenvalue weighted by Crippen LogP contribution is -2.34.